The number of rotatable bonds is 2. The topological polar surface area (TPSA) is 20.3 Å². The number of thioether (sulfide) groups is 2. The predicted octanol–water partition coefficient (Wildman–Crippen LogP) is 3.43. The van der Waals surface area contributed by atoms with Gasteiger partial charge in [-0.2, -0.15) is 0 Å². The van der Waals surface area contributed by atoms with Crippen molar-refractivity contribution in [2.45, 2.75) is 10.5 Å². The van der Waals surface area contributed by atoms with Crippen LogP contribution >= 0.6 is 35.1 Å². The van der Waals surface area contributed by atoms with Crippen LogP contribution in [0.4, 0.5) is 10.1 Å². The maximum Gasteiger partial charge on any atom is 0.258 e. The number of alkyl halides is 1. The van der Waals surface area contributed by atoms with Crippen molar-refractivity contribution in [3.8, 4) is 0 Å². The third-order valence-corrected chi connectivity index (χ3v) is 6.80. The van der Waals surface area contributed by atoms with Crippen molar-refractivity contribution >= 4 is 46.7 Å². The summed E-state index contributed by atoms with van der Waals surface area (Å²) < 4.78 is 12.9. The first-order valence-electron chi connectivity index (χ1n) is 6.15. The molecule has 0 radical (unpaired) electrons. The molecule has 1 aromatic carbocycles. The Morgan fingerprint density at radius 3 is 2.79 bits per heavy atom. The zero-order chi connectivity index (χ0) is 13.5. The molecule has 0 aliphatic carbocycles. The average molecular weight is 318 g/mol. The molecule has 1 spiro atoms. The van der Waals surface area contributed by atoms with Crippen LogP contribution in [-0.4, -0.2) is 29.8 Å². The van der Waals surface area contributed by atoms with Crippen molar-refractivity contribution in [3.63, 3.8) is 0 Å². The summed E-state index contributed by atoms with van der Waals surface area (Å²) in [6, 6.07) is 4.61. The Morgan fingerprint density at radius 2 is 2.11 bits per heavy atom. The summed E-state index contributed by atoms with van der Waals surface area (Å²) in [5.41, 5.74) is 1.62. The monoisotopic (exact) mass is 317 g/mol. The molecular weight excluding hydrogens is 305 g/mol. The molecule has 1 saturated heterocycles. The molecule has 2 aliphatic rings. The molecule has 19 heavy (non-hydrogen) atoms. The van der Waals surface area contributed by atoms with Crippen LogP contribution in [0.2, 0.25) is 0 Å². The normalized spacial score (nSPS) is 20.9. The third-order valence-electron chi connectivity index (χ3n) is 3.34. The van der Waals surface area contributed by atoms with E-state index < -0.39 is 4.08 Å². The number of hydrogen-bond acceptors (Lipinski definition) is 3. The summed E-state index contributed by atoms with van der Waals surface area (Å²) in [5.74, 6) is 2.01. The number of fused-ring (bicyclic) bond motifs is 2. The second-order valence-electron chi connectivity index (χ2n) is 4.47. The van der Waals surface area contributed by atoms with Crippen molar-refractivity contribution < 1.29 is 9.18 Å². The van der Waals surface area contributed by atoms with Crippen molar-refractivity contribution in [3.05, 3.63) is 29.6 Å². The highest BCUT2D eigenvalue weighted by atomic mass is 35.5. The van der Waals surface area contributed by atoms with E-state index in [-0.39, 0.29) is 11.7 Å². The van der Waals surface area contributed by atoms with Crippen molar-refractivity contribution in [2.24, 2.45) is 0 Å². The molecule has 2 heterocycles. The third kappa shape index (κ3) is 2.06. The van der Waals surface area contributed by atoms with Gasteiger partial charge in [-0.1, -0.05) is 0 Å². The molecule has 0 N–H and O–H groups in total. The lowest BCUT2D eigenvalue weighted by Crippen LogP contribution is -2.38. The molecular formula is C13H13ClFNOS2. The van der Waals surface area contributed by atoms with Crippen LogP contribution in [0.1, 0.15) is 12.0 Å². The minimum absolute atomic E-state index is 0.0449. The van der Waals surface area contributed by atoms with Gasteiger partial charge in [0.25, 0.3) is 5.91 Å². The summed E-state index contributed by atoms with van der Waals surface area (Å²) in [4.78, 5) is 14.4. The Labute approximate surface area is 125 Å². The molecule has 0 unspecified atom stereocenters. The highest BCUT2D eigenvalue weighted by molar-refractivity contribution is 8.19. The molecule has 2 nitrogen and oxygen atoms in total. The van der Waals surface area contributed by atoms with E-state index in [1.54, 1.807) is 34.5 Å². The zero-order valence-electron chi connectivity index (χ0n) is 10.2. The smallest absolute Gasteiger partial charge is 0.258 e. The quantitative estimate of drug-likeness (QED) is 0.779. The Morgan fingerprint density at radius 1 is 1.37 bits per heavy atom. The number of carbonyl (C=O) groups excluding carboxylic acids is 1. The van der Waals surface area contributed by atoms with E-state index in [9.17, 15) is 9.18 Å². The lowest BCUT2D eigenvalue weighted by molar-refractivity contribution is -0.118. The molecule has 102 valence electrons. The van der Waals surface area contributed by atoms with Crippen LogP contribution < -0.4 is 4.90 Å². The number of anilines is 1. The van der Waals surface area contributed by atoms with Crippen molar-refractivity contribution in [1.82, 2.24) is 0 Å². The fourth-order valence-corrected chi connectivity index (χ4v) is 5.97. The van der Waals surface area contributed by atoms with Crippen LogP contribution in [0.15, 0.2) is 18.2 Å². The van der Waals surface area contributed by atoms with Gasteiger partial charge in [0.15, 0.2) is 4.08 Å². The second-order valence-corrected chi connectivity index (χ2v) is 7.73. The zero-order valence-corrected chi connectivity index (χ0v) is 12.6. The Hall–Kier alpha value is -0.390. The van der Waals surface area contributed by atoms with Crippen LogP contribution in [-0.2, 0) is 8.87 Å². The molecule has 0 saturated carbocycles. The van der Waals surface area contributed by atoms with Gasteiger partial charge >= 0.3 is 0 Å². The molecule has 0 aromatic heterocycles. The summed E-state index contributed by atoms with van der Waals surface area (Å²) in [6.45, 7) is 0.474. The van der Waals surface area contributed by atoms with Gasteiger partial charge < -0.3 is 4.90 Å². The molecule has 1 fully saturated rings. The van der Waals surface area contributed by atoms with E-state index in [1.807, 2.05) is 0 Å². The van der Waals surface area contributed by atoms with Gasteiger partial charge in [0.05, 0.1) is 0 Å². The number of nitrogens with zero attached hydrogens (tertiary/aromatic N) is 1. The van der Waals surface area contributed by atoms with E-state index in [4.69, 9.17) is 11.6 Å². The van der Waals surface area contributed by atoms with Crippen molar-refractivity contribution in [1.29, 1.82) is 0 Å². The Kier molecular flexibility index (Phi) is 3.71. The van der Waals surface area contributed by atoms with Gasteiger partial charge in [-0.3, -0.25) is 4.79 Å². The summed E-state index contributed by atoms with van der Waals surface area (Å²) in [5, 5.41) is 0. The van der Waals surface area contributed by atoms with Gasteiger partial charge in [0, 0.05) is 23.7 Å². The van der Waals surface area contributed by atoms with Gasteiger partial charge in [-0.15, -0.1) is 35.1 Å². The maximum atomic E-state index is 13.6. The van der Waals surface area contributed by atoms with Crippen LogP contribution in [0.5, 0.6) is 0 Å². The van der Waals surface area contributed by atoms with E-state index in [2.05, 4.69) is 0 Å². The van der Waals surface area contributed by atoms with E-state index >= 15 is 0 Å². The number of hydrogen-bond donors (Lipinski definition) is 0. The van der Waals surface area contributed by atoms with E-state index in [0.717, 1.165) is 29.2 Å². The van der Waals surface area contributed by atoms with Crippen LogP contribution in [0.3, 0.4) is 0 Å². The lowest BCUT2D eigenvalue weighted by Gasteiger charge is -2.31. The van der Waals surface area contributed by atoms with Crippen LogP contribution in [0, 0.1) is 5.82 Å². The minimum Gasteiger partial charge on any atom is -0.309 e. The standard InChI is InChI=1S/C13H13ClFNOS2/c14-4-5-16-11-3-2-9(15)8-10(11)13(12(16)17)18-6-1-7-19-13/h2-3,8H,1,4-7H2. The first-order chi connectivity index (χ1) is 9.19. The molecule has 1 amide bonds. The summed E-state index contributed by atoms with van der Waals surface area (Å²) in [6.07, 6.45) is 1.09. The lowest BCUT2D eigenvalue weighted by atomic mass is 10.1. The SMILES string of the molecule is O=C1N(CCCl)c2ccc(F)cc2C12SCCCS2. The average Bonchev–Trinajstić information content (AvgIpc) is 2.64. The largest absolute Gasteiger partial charge is 0.309 e. The van der Waals surface area contributed by atoms with E-state index in [0.29, 0.717) is 12.4 Å². The fourth-order valence-electron chi connectivity index (χ4n) is 2.53. The number of amides is 1. The highest BCUT2D eigenvalue weighted by Gasteiger charge is 2.52. The summed E-state index contributed by atoms with van der Waals surface area (Å²) >= 11 is 9.04. The molecule has 2 aliphatic heterocycles. The molecule has 1 aromatic rings. The predicted molar refractivity (Wildman–Crippen MR) is 80.7 cm³/mol. The first kappa shape index (κ1) is 13.6. The van der Waals surface area contributed by atoms with Gasteiger partial charge in [0.2, 0.25) is 0 Å². The van der Waals surface area contributed by atoms with E-state index in [1.165, 1.54) is 12.1 Å². The summed E-state index contributed by atoms with van der Waals surface area (Å²) in [7, 11) is 0. The number of carbonyl (C=O) groups is 1. The fraction of sp³-hybridized carbons (Fsp3) is 0.462. The Balaban J connectivity index is 2.12. The second kappa shape index (κ2) is 5.19. The number of benzene rings is 1. The first-order valence-corrected chi connectivity index (χ1v) is 8.65. The molecule has 0 atom stereocenters. The number of halogens is 2. The molecule has 3 rings (SSSR count). The van der Waals surface area contributed by atoms with Gasteiger partial charge in [-0.25, -0.2) is 4.39 Å². The highest BCUT2D eigenvalue weighted by Crippen LogP contribution is 2.58. The van der Waals surface area contributed by atoms with Crippen molar-refractivity contribution in [2.75, 3.05) is 28.8 Å². The minimum atomic E-state index is -0.651. The van der Waals surface area contributed by atoms with Gasteiger partial charge in [-0.05, 0) is 36.1 Å². The van der Waals surface area contributed by atoms with Gasteiger partial charge in [0.1, 0.15) is 5.82 Å². The van der Waals surface area contributed by atoms with Crippen LogP contribution in [0.25, 0.3) is 0 Å². The Bertz CT molecular complexity index is 519. The maximum absolute atomic E-state index is 13.6. The molecule has 6 heteroatoms. The molecule has 0 bridgehead atoms.